The molecule has 1 fully saturated rings. The Morgan fingerprint density at radius 3 is 2.41 bits per heavy atom. The van der Waals surface area contributed by atoms with Gasteiger partial charge in [0.05, 0.1) is 6.04 Å². The fourth-order valence-corrected chi connectivity index (χ4v) is 9.58. The number of ketones is 2. The average Bonchev–Trinajstić information content (AvgIpc) is 3.44. The number of nitrogens with zero attached hydrogens (tertiary/aromatic N) is 2. The van der Waals surface area contributed by atoms with Crippen LogP contribution in [-0.2, 0) is 22.2 Å². The number of aromatic nitrogens is 1. The molecule has 49 heavy (non-hydrogen) atoms. The number of hydrogen-bond acceptors (Lipinski definition) is 8. The van der Waals surface area contributed by atoms with Crippen LogP contribution >= 0.6 is 0 Å². The topological polar surface area (TPSA) is 102 Å². The van der Waals surface area contributed by atoms with E-state index in [0.29, 0.717) is 24.2 Å². The zero-order valence-corrected chi connectivity index (χ0v) is 30.9. The average molecular weight is 679 g/mol. The van der Waals surface area contributed by atoms with Crippen molar-refractivity contribution in [2.45, 2.75) is 83.8 Å². The Labute approximate surface area is 289 Å². The van der Waals surface area contributed by atoms with Gasteiger partial charge in [0.2, 0.25) is 11.6 Å². The number of rotatable bonds is 6. The summed E-state index contributed by atoms with van der Waals surface area (Å²) >= 11 is 0. The second-order valence-electron chi connectivity index (χ2n) is 15.9. The van der Waals surface area contributed by atoms with Crippen LogP contribution in [0.1, 0.15) is 77.2 Å². The number of Topliss-reactive ketones (excluding diaryl/α,β-unsaturated/α-hetero) is 2. The van der Waals surface area contributed by atoms with Gasteiger partial charge in [0, 0.05) is 17.1 Å². The van der Waals surface area contributed by atoms with E-state index in [4.69, 9.17) is 13.7 Å². The van der Waals surface area contributed by atoms with E-state index in [1.807, 2.05) is 56.3 Å². The third kappa shape index (κ3) is 5.03. The smallest absolute Gasteiger partial charge is 0.265 e. The molecule has 1 aromatic heterocycles. The van der Waals surface area contributed by atoms with Crippen LogP contribution in [0.15, 0.2) is 64.7 Å². The molecule has 3 aliphatic rings. The molecule has 0 bridgehead atoms. The molecule has 0 radical (unpaired) electrons. The number of aliphatic hydroxyl groups is 1. The Hall–Kier alpha value is -4.05. The number of ether oxygens (including phenoxy) is 1. The molecule has 256 valence electrons. The highest BCUT2D eigenvalue weighted by atomic mass is 28.4. The summed E-state index contributed by atoms with van der Waals surface area (Å²) in [5.74, 6) is -1.47. The molecule has 8 nitrogen and oxygen atoms in total. The fraction of sp³-hybridized carbons (Fsp3) is 0.425. The van der Waals surface area contributed by atoms with E-state index in [-0.39, 0.29) is 40.3 Å². The Bertz CT molecular complexity index is 2040. The van der Waals surface area contributed by atoms with E-state index in [9.17, 15) is 5.11 Å². The molecule has 0 unspecified atom stereocenters. The minimum Gasteiger partial charge on any atom is -0.507 e. The minimum atomic E-state index is -2.81. The lowest BCUT2D eigenvalue weighted by Crippen LogP contribution is -2.68. The normalized spacial score (nSPS) is 23.8. The van der Waals surface area contributed by atoms with Gasteiger partial charge in [0.1, 0.15) is 17.9 Å². The predicted octanol–water partition coefficient (Wildman–Crippen LogP) is 8.31. The molecule has 1 heterocycles. The van der Waals surface area contributed by atoms with Crippen LogP contribution in [0.25, 0.3) is 16.5 Å². The first-order valence-electron chi connectivity index (χ1n) is 17.2. The van der Waals surface area contributed by atoms with Crippen molar-refractivity contribution in [2.75, 3.05) is 14.1 Å². The first-order valence-corrected chi connectivity index (χ1v) is 20.1. The van der Waals surface area contributed by atoms with E-state index >= 15 is 9.59 Å². The van der Waals surface area contributed by atoms with Crippen LogP contribution in [0, 0.1) is 25.7 Å². The van der Waals surface area contributed by atoms with Gasteiger partial charge in [-0.3, -0.25) is 14.5 Å². The van der Waals surface area contributed by atoms with Crippen LogP contribution in [-0.4, -0.2) is 54.7 Å². The summed E-state index contributed by atoms with van der Waals surface area (Å²) in [7, 11) is 1.05. The van der Waals surface area contributed by atoms with Crippen molar-refractivity contribution < 1.29 is 28.4 Å². The van der Waals surface area contributed by atoms with Crippen LogP contribution in [0.5, 0.6) is 5.88 Å². The second-order valence-corrected chi connectivity index (χ2v) is 20.7. The Morgan fingerprint density at radius 1 is 1.02 bits per heavy atom. The highest BCUT2D eigenvalue weighted by Crippen LogP contribution is 2.59. The lowest BCUT2D eigenvalue weighted by molar-refractivity contribution is -0.140. The molecular formula is C40H46N2O6Si. The van der Waals surface area contributed by atoms with Crippen LogP contribution in [0.3, 0.4) is 0 Å². The number of aliphatic hydroxyl groups excluding tert-OH is 1. The van der Waals surface area contributed by atoms with Crippen molar-refractivity contribution in [1.29, 1.82) is 0 Å². The van der Waals surface area contributed by atoms with Gasteiger partial charge in [-0.15, -0.1) is 0 Å². The summed E-state index contributed by atoms with van der Waals surface area (Å²) in [6.07, 6.45) is 1.01. The van der Waals surface area contributed by atoms with Gasteiger partial charge in [0.15, 0.2) is 19.7 Å². The molecule has 3 aromatic carbocycles. The Morgan fingerprint density at radius 2 is 1.73 bits per heavy atom. The van der Waals surface area contributed by atoms with Gasteiger partial charge in [0.25, 0.3) is 5.88 Å². The van der Waals surface area contributed by atoms with E-state index in [2.05, 4.69) is 70.2 Å². The van der Waals surface area contributed by atoms with Crippen molar-refractivity contribution in [3.8, 4) is 5.88 Å². The second kappa shape index (κ2) is 11.5. The summed E-state index contributed by atoms with van der Waals surface area (Å²) in [5, 5.41) is 18.3. The predicted molar refractivity (Wildman–Crippen MR) is 192 cm³/mol. The SMILES string of the molecule is Cc1ccc2c(C)c3c(cc2c1)C[C@H]1C[C@H]2[C@H](N(C)C)c4onc(OCc5ccccc5)c4C(=O)[C@@]2(O[Si](C)(C)C(C)(C)C)C(=O)C1=C3O. The number of benzene rings is 3. The first kappa shape index (κ1) is 33.4. The molecule has 0 saturated heterocycles. The zero-order chi connectivity index (χ0) is 35.2. The summed E-state index contributed by atoms with van der Waals surface area (Å²) in [6.45, 7) is 14.7. The van der Waals surface area contributed by atoms with Crippen molar-refractivity contribution in [3.05, 3.63) is 99.3 Å². The van der Waals surface area contributed by atoms with E-state index < -0.39 is 37.4 Å². The van der Waals surface area contributed by atoms with Gasteiger partial charge in [-0.1, -0.05) is 80.9 Å². The van der Waals surface area contributed by atoms with Gasteiger partial charge >= 0.3 is 0 Å². The van der Waals surface area contributed by atoms with E-state index in [0.717, 1.165) is 33.0 Å². The maximum absolute atomic E-state index is 15.5. The minimum absolute atomic E-state index is 0.0428. The number of carbonyl (C=O) groups excluding carboxylic acids is 2. The number of fused-ring (bicyclic) bond motifs is 5. The summed E-state index contributed by atoms with van der Waals surface area (Å²) < 4.78 is 19.4. The zero-order valence-electron chi connectivity index (χ0n) is 29.9. The first-order chi connectivity index (χ1) is 23.1. The van der Waals surface area contributed by atoms with E-state index in [1.54, 1.807) is 0 Å². The monoisotopic (exact) mass is 678 g/mol. The summed E-state index contributed by atoms with van der Waals surface area (Å²) in [5.41, 5.74) is 3.20. The molecular weight excluding hydrogens is 633 g/mol. The van der Waals surface area contributed by atoms with Crippen molar-refractivity contribution in [3.63, 3.8) is 0 Å². The number of carbonyl (C=O) groups is 2. The fourth-order valence-electron chi connectivity index (χ4n) is 8.13. The third-order valence-corrected chi connectivity index (χ3v) is 16.0. The standard InChI is InChI=1S/C40H46N2O6Si/c1-22-15-16-28-23(2)30-26(18-25(28)17-22)19-27-20-29-33(42(6)7)35-32(38(41-47-35)46-21-24-13-11-10-12-14-24)37(45)40(29,36(44)31(27)34(30)43)48-49(8,9)39(3,4)5/h10-18,27,29,33,43H,19-21H2,1-9H3/t27-,29-,33-,40-/m0/s1. The molecule has 0 aliphatic heterocycles. The molecule has 1 saturated carbocycles. The Balaban J connectivity index is 1.44. The van der Waals surface area contributed by atoms with Crippen molar-refractivity contribution in [1.82, 2.24) is 10.1 Å². The number of hydrogen-bond donors (Lipinski definition) is 1. The van der Waals surface area contributed by atoms with Crippen LogP contribution in [0.2, 0.25) is 18.1 Å². The van der Waals surface area contributed by atoms with Gasteiger partial charge in [-0.2, -0.15) is 0 Å². The van der Waals surface area contributed by atoms with Crippen molar-refractivity contribution >= 4 is 36.4 Å². The largest absolute Gasteiger partial charge is 0.507 e. The van der Waals surface area contributed by atoms with Crippen LogP contribution in [0.4, 0.5) is 0 Å². The van der Waals surface area contributed by atoms with Crippen LogP contribution < -0.4 is 4.74 Å². The van der Waals surface area contributed by atoms with Gasteiger partial charge in [-0.05, 0) is 97.5 Å². The van der Waals surface area contributed by atoms with Crippen molar-refractivity contribution in [2.24, 2.45) is 11.8 Å². The summed E-state index contributed by atoms with van der Waals surface area (Å²) in [4.78, 5) is 32.8. The van der Waals surface area contributed by atoms with Gasteiger partial charge in [-0.25, -0.2) is 0 Å². The third-order valence-electron chi connectivity index (χ3n) is 11.5. The molecule has 4 aromatic rings. The molecule has 0 amide bonds. The summed E-state index contributed by atoms with van der Waals surface area (Å²) in [6, 6.07) is 17.6. The lowest BCUT2D eigenvalue weighted by Gasteiger charge is -2.55. The molecule has 3 aliphatic carbocycles. The highest BCUT2D eigenvalue weighted by Gasteiger charge is 2.68. The van der Waals surface area contributed by atoms with Gasteiger partial charge < -0.3 is 18.8 Å². The lowest BCUT2D eigenvalue weighted by atomic mass is 9.57. The Kier molecular flexibility index (Phi) is 7.85. The maximum atomic E-state index is 15.5. The molecule has 9 heteroatoms. The molecule has 1 N–H and O–H groups in total. The quantitative estimate of drug-likeness (QED) is 0.161. The maximum Gasteiger partial charge on any atom is 0.265 e. The highest BCUT2D eigenvalue weighted by molar-refractivity contribution is 6.74. The molecule has 7 rings (SSSR count). The number of aryl methyl sites for hydroxylation is 2. The molecule has 4 atom stereocenters. The van der Waals surface area contributed by atoms with E-state index in [1.165, 1.54) is 0 Å². The molecule has 0 spiro atoms.